The largest absolute Gasteiger partial charge is 0.362 e. The van der Waals surface area contributed by atoms with Crippen molar-refractivity contribution >= 4 is 23.0 Å². The van der Waals surface area contributed by atoms with Gasteiger partial charge < -0.3 is 15.5 Å². The Kier molecular flexibility index (Phi) is 8.19. The first kappa shape index (κ1) is 21.3. The van der Waals surface area contributed by atoms with Crippen LogP contribution in [0.15, 0.2) is 24.3 Å². The zero-order valence-corrected chi connectivity index (χ0v) is 17.5. The Morgan fingerprint density at radius 3 is 2.59 bits per heavy atom. The van der Waals surface area contributed by atoms with Crippen LogP contribution in [0.3, 0.4) is 0 Å². The van der Waals surface area contributed by atoms with Gasteiger partial charge in [0.25, 0.3) is 0 Å². The van der Waals surface area contributed by atoms with Crippen molar-refractivity contribution in [1.82, 2.24) is 20.0 Å². The summed E-state index contributed by atoms with van der Waals surface area (Å²) >= 11 is 5.42. The van der Waals surface area contributed by atoms with E-state index in [1.807, 2.05) is 19.9 Å². The molecule has 27 heavy (non-hydrogen) atoms. The highest BCUT2D eigenvalue weighted by Crippen LogP contribution is 2.21. The van der Waals surface area contributed by atoms with Crippen LogP contribution < -0.4 is 10.6 Å². The van der Waals surface area contributed by atoms with Crippen molar-refractivity contribution in [2.75, 3.05) is 31.5 Å². The zero-order valence-electron chi connectivity index (χ0n) is 16.7. The molecule has 7 heteroatoms. The molecule has 5 nitrogen and oxygen atoms in total. The molecule has 0 aliphatic heterocycles. The Balaban J connectivity index is 1.92. The van der Waals surface area contributed by atoms with Crippen LogP contribution in [0.25, 0.3) is 0 Å². The molecule has 0 bridgehead atoms. The van der Waals surface area contributed by atoms with Gasteiger partial charge in [-0.15, -0.1) is 0 Å². The fourth-order valence-electron chi connectivity index (χ4n) is 3.02. The van der Waals surface area contributed by atoms with Crippen LogP contribution in [0.4, 0.5) is 10.1 Å². The fourth-order valence-corrected chi connectivity index (χ4v) is 3.23. The van der Waals surface area contributed by atoms with Gasteiger partial charge in [0.15, 0.2) is 5.11 Å². The number of nitrogens with one attached hydrogen (secondary N) is 2. The normalized spacial score (nSPS) is 11.0. The molecule has 0 saturated carbocycles. The van der Waals surface area contributed by atoms with E-state index in [9.17, 15) is 4.39 Å². The van der Waals surface area contributed by atoms with Gasteiger partial charge in [0, 0.05) is 12.1 Å². The maximum absolute atomic E-state index is 13.9. The predicted octanol–water partition coefficient (Wildman–Crippen LogP) is 3.71. The van der Waals surface area contributed by atoms with Crippen molar-refractivity contribution in [3.05, 3.63) is 47.0 Å². The molecule has 2 N–H and O–H groups in total. The Morgan fingerprint density at radius 1 is 1.22 bits per heavy atom. The second kappa shape index (κ2) is 10.4. The summed E-state index contributed by atoms with van der Waals surface area (Å²) < 4.78 is 15.7. The lowest BCUT2D eigenvalue weighted by molar-refractivity contribution is 0.300. The molecule has 0 radical (unpaired) electrons. The molecule has 2 rings (SSSR count). The molecule has 148 valence electrons. The number of thiocarbonyl (C=S) groups is 1. The van der Waals surface area contributed by atoms with Crippen molar-refractivity contribution in [1.29, 1.82) is 0 Å². The number of aromatic nitrogens is 2. The van der Waals surface area contributed by atoms with Gasteiger partial charge in [0.05, 0.1) is 23.6 Å². The highest BCUT2D eigenvalue weighted by Gasteiger charge is 2.14. The molecule has 0 aliphatic rings. The minimum Gasteiger partial charge on any atom is -0.362 e. The van der Waals surface area contributed by atoms with Crippen LogP contribution in [0.2, 0.25) is 0 Å². The van der Waals surface area contributed by atoms with Crippen molar-refractivity contribution < 1.29 is 4.39 Å². The monoisotopic (exact) mass is 391 g/mol. The average Bonchev–Trinajstić information content (AvgIpc) is 2.91. The van der Waals surface area contributed by atoms with Crippen LogP contribution in [-0.2, 0) is 6.54 Å². The number of nitrogens with zero attached hydrogens (tertiary/aromatic N) is 3. The molecule has 0 fully saturated rings. The number of hydrogen-bond acceptors (Lipinski definition) is 3. The summed E-state index contributed by atoms with van der Waals surface area (Å²) in [5.41, 5.74) is 3.28. The van der Waals surface area contributed by atoms with Crippen molar-refractivity contribution in [3.63, 3.8) is 0 Å². The average molecular weight is 392 g/mol. The number of anilines is 1. The van der Waals surface area contributed by atoms with Crippen molar-refractivity contribution in [2.45, 2.75) is 40.7 Å². The van der Waals surface area contributed by atoms with E-state index in [0.29, 0.717) is 17.2 Å². The number of rotatable bonds is 9. The van der Waals surface area contributed by atoms with E-state index in [-0.39, 0.29) is 5.82 Å². The molecule has 0 aliphatic carbocycles. The molecule has 1 heterocycles. The summed E-state index contributed by atoms with van der Waals surface area (Å²) in [6.45, 7) is 12.7. The zero-order chi connectivity index (χ0) is 19.8. The van der Waals surface area contributed by atoms with Gasteiger partial charge in [-0.2, -0.15) is 5.10 Å². The molecule has 0 amide bonds. The molecule has 0 unspecified atom stereocenters. The summed E-state index contributed by atoms with van der Waals surface area (Å²) in [6.07, 6.45) is 1.04. The Bertz CT molecular complexity index is 755. The van der Waals surface area contributed by atoms with Crippen LogP contribution in [0, 0.1) is 19.7 Å². The molecular weight excluding hydrogens is 361 g/mol. The van der Waals surface area contributed by atoms with Gasteiger partial charge in [0.1, 0.15) is 5.82 Å². The lowest BCUT2D eigenvalue weighted by atomic mass is 10.2. The third-order valence-corrected chi connectivity index (χ3v) is 4.98. The first-order valence-corrected chi connectivity index (χ1v) is 9.91. The van der Waals surface area contributed by atoms with Gasteiger partial charge in [-0.3, -0.25) is 4.68 Å². The highest BCUT2D eigenvalue weighted by atomic mass is 32.1. The molecule has 0 spiro atoms. The molecule has 0 atom stereocenters. The number of halogens is 1. The minimum atomic E-state index is -0.218. The fraction of sp³-hybridized carbons (Fsp3) is 0.500. The van der Waals surface area contributed by atoms with E-state index in [4.69, 9.17) is 12.2 Å². The van der Waals surface area contributed by atoms with E-state index in [1.54, 1.807) is 16.8 Å². The maximum atomic E-state index is 13.9. The molecule has 1 aromatic carbocycles. The maximum Gasteiger partial charge on any atom is 0.170 e. The molecular formula is C20H30FN5S. The van der Waals surface area contributed by atoms with Crippen LogP contribution in [0.1, 0.15) is 37.2 Å². The topological polar surface area (TPSA) is 45.1 Å². The third kappa shape index (κ3) is 6.01. The summed E-state index contributed by atoms with van der Waals surface area (Å²) in [6, 6.07) is 6.77. The third-order valence-electron chi connectivity index (χ3n) is 4.73. The summed E-state index contributed by atoms with van der Waals surface area (Å²) in [5, 5.41) is 11.6. The summed E-state index contributed by atoms with van der Waals surface area (Å²) in [4.78, 5) is 2.39. The van der Waals surface area contributed by atoms with E-state index >= 15 is 0 Å². The van der Waals surface area contributed by atoms with Gasteiger partial charge in [-0.25, -0.2) is 4.39 Å². The van der Waals surface area contributed by atoms with Crippen LogP contribution in [-0.4, -0.2) is 46.0 Å². The predicted molar refractivity (Wildman–Crippen MR) is 114 cm³/mol. The second-order valence-corrected chi connectivity index (χ2v) is 6.96. The molecule has 0 saturated heterocycles. The minimum absolute atomic E-state index is 0.218. The first-order chi connectivity index (χ1) is 13.0. The smallest absolute Gasteiger partial charge is 0.170 e. The van der Waals surface area contributed by atoms with Crippen molar-refractivity contribution in [2.24, 2.45) is 0 Å². The number of benzene rings is 1. The van der Waals surface area contributed by atoms with E-state index in [1.165, 1.54) is 6.07 Å². The molecule has 2 aromatic rings. The summed E-state index contributed by atoms with van der Waals surface area (Å²) in [7, 11) is 0. The van der Waals surface area contributed by atoms with Gasteiger partial charge in [-0.05, 0) is 58.2 Å². The van der Waals surface area contributed by atoms with E-state index < -0.39 is 0 Å². The lowest BCUT2D eigenvalue weighted by Crippen LogP contribution is -2.32. The summed E-state index contributed by atoms with van der Waals surface area (Å²) in [5.74, 6) is -0.218. The Labute approximate surface area is 166 Å². The van der Waals surface area contributed by atoms with E-state index in [2.05, 4.69) is 34.5 Å². The van der Waals surface area contributed by atoms with Crippen LogP contribution in [0.5, 0.6) is 0 Å². The Morgan fingerprint density at radius 2 is 1.93 bits per heavy atom. The molecule has 1 aromatic heterocycles. The van der Waals surface area contributed by atoms with Gasteiger partial charge in [-0.1, -0.05) is 32.0 Å². The lowest BCUT2D eigenvalue weighted by Gasteiger charge is -2.18. The SMILES string of the molecule is CCN(CC)CCCNC(=S)Nc1c(C)nn(Cc2ccccc2F)c1C. The quantitative estimate of drug-likeness (QED) is 0.504. The van der Waals surface area contributed by atoms with Gasteiger partial charge in [0.2, 0.25) is 0 Å². The Hall–Kier alpha value is -1.99. The van der Waals surface area contributed by atoms with Gasteiger partial charge >= 0.3 is 0 Å². The highest BCUT2D eigenvalue weighted by molar-refractivity contribution is 7.80. The number of hydrogen-bond donors (Lipinski definition) is 2. The standard InChI is InChI=1S/C20H30FN5S/c1-5-25(6-2)13-9-12-22-20(27)23-19-15(3)24-26(16(19)4)14-17-10-7-8-11-18(17)21/h7-8,10-11H,5-6,9,12-14H2,1-4H3,(H2,22,23,27). The van der Waals surface area contributed by atoms with Crippen molar-refractivity contribution in [3.8, 4) is 0 Å². The van der Waals surface area contributed by atoms with E-state index in [0.717, 1.165) is 49.7 Å². The second-order valence-electron chi connectivity index (χ2n) is 6.56. The van der Waals surface area contributed by atoms with Crippen LogP contribution >= 0.6 is 12.2 Å². The number of aryl methyl sites for hydroxylation is 1. The first-order valence-electron chi connectivity index (χ1n) is 9.50.